The Morgan fingerprint density at radius 3 is 2.62 bits per heavy atom. The fourth-order valence-electron chi connectivity index (χ4n) is 2.78. The van der Waals surface area contributed by atoms with Gasteiger partial charge in [0.05, 0.1) is 32.8 Å². The number of halogens is 1. The Morgan fingerprint density at radius 2 is 2.00 bits per heavy atom. The van der Waals surface area contributed by atoms with Crippen molar-refractivity contribution in [3.8, 4) is 6.07 Å². The number of carbonyl (C=O) groups excluding carboxylic acids is 1. The number of anilines is 1. The number of likely N-dealkylation sites (N-methyl/N-ethyl adjacent to an activating group) is 1. The number of amides is 1. The summed E-state index contributed by atoms with van der Waals surface area (Å²) in [6.07, 6.45) is 0. The average molecular weight is 435 g/mol. The molecule has 0 atom stereocenters. The highest BCUT2D eigenvalue weighted by molar-refractivity contribution is 7.99. The highest BCUT2D eigenvalue weighted by Gasteiger charge is 2.21. The standard InChI is InChI=1S/C21H26N4O2S.ClH/c1-16-12-17(15-27-4)19(13-22)21(23-16)28-11-10-25(2,3)14-20(26)24-18-8-6-5-7-9-18;/h5-9,12H,10-11,14-15H2,1-4H3;1H. The molecule has 0 saturated carbocycles. The number of aryl methyl sites for hydroxylation is 1. The molecule has 0 aliphatic heterocycles. The second kappa shape index (κ2) is 11.8. The second-order valence-corrected chi connectivity index (χ2v) is 8.31. The van der Waals surface area contributed by atoms with Gasteiger partial charge < -0.3 is 26.9 Å². The average Bonchev–Trinajstić information content (AvgIpc) is 2.62. The van der Waals surface area contributed by atoms with Crippen molar-refractivity contribution in [2.75, 3.05) is 45.4 Å². The predicted octanol–water partition coefficient (Wildman–Crippen LogP) is 0.219. The van der Waals surface area contributed by atoms with E-state index in [0.717, 1.165) is 34.3 Å². The minimum absolute atomic E-state index is 0. The fraction of sp³-hybridized carbons (Fsp3) is 0.381. The maximum atomic E-state index is 12.3. The van der Waals surface area contributed by atoms with Crippen LogP contribution in [0.25, 0.3) is 0 Å². The number of para-hydroxylation sites is 1. The van der Waals surface area contributed by atoms with Gasteiger partial charge in [0.15, 0.2) is 6.54 Å². The third-order valence-corrected chi connectivity index (χ3v) is 5.13. The number of thioether (sulfide) groups is 1. The number of pyridine rings is 1. The molecule has 6 nitrogen and oxygen atoms in total. The summed E-state index contributed by atoms with van der Waals surface area (Å²) in [5, 5.41) is 13.2. The highest BCUT2D eigenvalue weighted by Crippen LogP contribution is 2.25. The summed E-state index contributed by atoms with van der Waals surface area (Å²) in [6, 6.07) is 13.6. The Balaban J connectivity index is 0.00000420. The van der Waals surface area contributed by atoms with Crippen molar-refractivity contribution < 1.29 is 26.4 Å². The van der Waals surface area contributed by atoms with Crippen molar-refractivity contribution in [3.63, 3.8) is 0 Å². The van der Waals surface area contributed by atoms with E-state index in [0.29, 0.717) is 23.2 Å². The van der Waals surface area contributed by atoms with Crippen LogP contribution in [-0.2, 0) is 16.1 Å². The first-order valence-corrected chi connectivity index (χ1v) is 10.0. The van der Waals surface area contributed by atoms with Crippen molar-refractivity contribution in [1.82, 2.24) is 4.98 Å². The third-order valence-electron chi connectivity index (χ3n) is 4.17. The molecule has 2 aromatic rings. The van der Waals surface area contributed by atoms with Gasteiger partial charge in [0, 0.05) is 24.2 Å². The number of nitrogens with zero attached hydrogens (tertiary/aromatic N) is 3. The molecule has 29 heavy (non-hydrogen) atoms. The Bertz CT molecular complexity index is 854. The van der Waals surface area contributed by atoms with E-state index in [1.807, 2.05) is 57.4 Å². The van der Waals surface area contributed by atoms with Crippen LogP contribution in [0.3, 0.4) is 0 Å². The van der Waals surface area contributed by atoms with Gasteiger partial charge in [0.25, 0.3) is 5.91 Å². The highest BCUT2D eigenvalue weighted by atomic mass is 35.5. The lowest BCUT2D eigenvalue weighted by Crippen LogP contribution is -3.00. The summed E-state index contributed by atoms with van der Waals surface area (Å²) in [5.74, 6) is 0.735. The third kappa shape index (κ3) is 8.03. The largest absolute Gasteiger partial charge is 1.00 e. The number of benzene rings is 1. The van der Waals surface area contributed by atoms with E-state index in [1.54, 1.807) is 18.9 Å². The van der Waals surface area contributed by atoms with Crippen LogP contribution in [0.5, 0.6) is 0 Å². The topological polar surface area (TPSA) is 75.0 Å². The summed E-state index contributed by atoms with van der Waals surface area (Å²) in [6.45, 7) is 3.45. The van der Waals surface area contributed by atoms with Gasteiger partial charge in [0.1, 0.15) is 11.1 Å². The van der Waals surface area contributed by atoms with Crippen LogP contribution in [0, 0.1) is 18.3 Å². The number of aromatic nitrogens is 1. The van der Waals surface area contributed by atoms with E-state index in [2.05, 4.69) is 16.4 Å². The van der Waals surface area contributed by atoms with E-state index in [1.165, 1.54) is 0 Å². The van der Waals surface area contributed by atoms with E-state index in [-0.39, 0.29) is 18.3 Å². The molecule has 0 aliphatic rings. The summed E-state index contributed by atoms with van der Waals surface area (Å²) in [5.41, 5.74) is 3.10. The molecule has 1 aromatic carbocycles. The number of carbonyl (C=O) groups is 1. The molecule has 0 spiro atoms. The van der Waals surface area contributed by atoms with E-state index >= 15 is 0 Å². The maximum Gasteiger partial charge on any atom is 0.279 e. The number of hydrogen-bond acceptors (Lipinski definition) is 5. The molecule has 1 aromatic heterocycles. The molecule has 0 aliphatic carbocycles. The van der Waals surface area contributed by atoms with Gasteiger partial charge in [-0.15, -0.1) is 0 Å². The van der Waals surface area contributed by atoms with Crippen LogP contribution in [0.2, 0.25) is 0 Å². The first-order valence-electron chi connectivity index (χ1n) is 9.04. The first kappa shape index (κ1) is 24.9. The molecule has 1 amide bonds. The Hall–Kier alpha value is -2.11. The Labute approximate surface area is 183 Å². The van der Waals surface area contributed by atoms with Gasteiger partial charge in [-0.05, 0) is 30.7 Å². The maximum absolute atomic E-state index is 12.3. The van der Waals surface area contributed by atoms with E-state index < -0.39 is 0 Å². The number of nitrogens with one attached hydrogen (secondary N) is 1. The molecule has 1 N–H and O–H groups in total. The molecule has 8 heteroatoms. The number of hydrogen-bond donors (Lipinski definition) is 1. The van der Waals surface area contributed by atoms with Crippen LogP contribution >= 0.6 is 11.8 Å². The number of ether oxygens (including phenoxy) is 1. The molecule has 156 valence electrons. The van der Waals surface area contributed by atoms with Gasteiger partial charge >= 0.3 is 0 Å². The van der Waals surface area contributed by atoms with Gasteiger partial charge in [-0.1, -0.05) is 30.0 Å². The normalized spacial score (nSPS) is 10.7. The molecule has 1 heterocycles. The summed E-state index contributed by atoms with van der Waals surface area (Å²) >= 11 is 1.55. The second-order valence-electron chi connectivity index (χ2n) is 7.23. The van der Waals surface area contributed by atoms with Crippen molar-refractivity contribution in [2.24, 2.45) is 0 Å². The van der Waals surface area contributed by atoms with Crippen LogP contribution in [0.1, 0.15) is 16.8 Å². The summed E-state index contributed by atoms with van der Waals surface area (Å²) in [7, 11) is 5.66. The molecular weight excluding hydrogens is 408 g/mol. The fourth-order valence-corrected chi connectivity index (χ4v) is 4.09. The molecule has 0 bridgehead atoms. The quantitative estimate of drug-likeness (QED) is 0.451. The minimum atomic E-state index is -0.0185. The first-order chi connectivity index (χ1) is 13.3. The predicted molar refractivity (Wildman–Crippen MR) is 112 cm³/mol. The number of nitriles is 1. The lowest BCUT2D eigenvalue weighted by Gasteiger charge is -2.28. The van der Waals surface area contributed by atoms with Crippen molar-refractivity contribution in [2.45, 2.75) is 18.6 Å². The zero-order valence-corrected chi connectivity index (χ0v) is 18.8. The zero-order chi connectivity index (χ0) is 20.6. The van der Waals surface area contributed by atoms with E-state index in [9.17, 15) is 10.1 Å². The lowest BCUT2D eigenvalue weighted by atomic mass is 10.1. The summed E-state index contributed by atoms with van der Waals surface area (Å²) in [4.78, 5) is 16.8. The summed E-state index contributed by atoms with van der Waals surface area (Å²) < 4.78 is 5.74. The molecule has 0 unspecified atom stereocenters. The van der Waals surface area contributed by atoms with Crippen LogP contribution in [-0.4, -0.2) is 55.4 Å². The molecule has 0 saturated heterocycles. The van der Waals surface area contributed by atoms with Crippen molar-refractivity contribution in [3.05, 3.63) is 53.2 Å². The molecule has 0 radical (unpaired) electrons. The molecular formula is C21H27ClN4O2S. The van der Waals surface area contributed by atoms with Gasteiger partial charge in [0.2, 0.25) is 0 Å². The van der Waals surface area contributed by atoms with Crippen LogP contribution in [0.4, 0.5) is 5.69 Å². The minimum Gasteiger partial charge on any atom is -1.00 e. The number of methoxy groups -OCH3 is 1. The zero-order valence-electron chi connectivity index (χ0n) is 17.2. The van der Waals surface area contributed by atoms with Gasteiger partial charge in [-0.2, -0.15) is 5.26 Å². The Kier molecular flexibility index (Phi) is 10.1. The smallest absolute Gasteiger partial charge is 0.279 e. The van der Waals surface area contributed by atoms with Crippen LogP contribution in [0.15, 0.2) is 41.4 Å². The van der Waals surface area contributed by atoms with Gasteiger partial charge in [-0.25, -0.2) is 4.98 Å². The SMILES string of the molecule is COCc1cc(C)nc(SCC[N+](C)(C)CC(=O)Nc2ccccc2)c1C#N.[Cl-]. The monoisotopic (exact) mass is 434 g/mol. The molecule has 0 fully saturated rings. The van der Waals surface area contributed by atoms with Crippen molar-refractivity contribution in [1.29, 1.82) is 5.26 Å². The van der Waals surface area contributed by atoms with Crippen LogP contribution < -0.4 is 17.7 Å². The van der Waals surface area contributed by atoms with E-state index in [4.69, 9.17) is 4.74 Å². The molecule has 2 rings (SSSR count). The van der Waals surface area contributed by atoms with Crippen molar-refractivity contribution >= 4 is 23.4 Å². The number of quaternary nitrogens is 1. The van der Waals surface area contributed by atoms with Gasteiger partial charge in [-0.3, -0.25) is 4.79 Å². The lowest BCUT2D eigenvalue weighted by molar-refractivity contribution is -0.879. The number of rotatable bonds is 9. The Morgan fingerprint density at radius 1 is 1.31 bits per heavy atom.